The maximum Gasteiger partial charge on any atom is 0.306 e. The van der Waals surface area contributed by atoms with Gasteiger partial charge >= 0.3 is 5.69 Å². The van der Waals surface area contributed by atoms with Crippen LogP contribution in [0.15, 0.2) is 18.2 Å². The lowest BCUT2D eigenvalue weighted by atomic mass is 10.2. The van der Waals surface area contributed by atoms with Crippen LogP contribution in [-0.2, 0) is 14.6 Å². The molecule has 1 aliphatic rings. The second kappa shape index (κ2) is 6.61. The molecule has 0 spiro atoms. The zero-order valence-corrected chi connectivity index (χ0v) is 13.0. The van der Waals surface area contributed by atoms with Crippen molar-refractivity contribution in [1.82, 2.24) is 0 Å². The molecule has 0 radical (unpaired) electrons. The molecule has 0 bridgehead atoms. The Balaban J connectivity index is 1.90. The average molecular weight is 348 g/mol. The van der Waals surface area contributed by atoms with Crippen LogP contribution in [0.5, 0.6) is 0 Å². The van der Waals surface area contributed by atoms with Crippen molar-refractivity contribution in [2.75, 3.05) is 22.6 Å². The summed E-state index contributed by atoms with van der Waals surface area (Å²) in [4.78, 5) is 21.5. The second-order valence-electron chi connectivity index (χ2n) is 4.81. The van der Waals surface area contributed by atoms with E-state index < -0.39 is 32.2 Å². The van der Waals surface area contributed by atoms with Gasteiger partial charge in [0.25, 0.3) is 0 Å². The average Bonchev–Trinajstić information content (AvgIpc) is 2.78. The van der Waals surface area contributed by atoms with E-state index >= 15 is 0 Å². The summed E-state index contributed by atoms with van der Waals surface area (Å²) in [5, 5.41) is 12.9. The number of amides is 1. The van der Waals surface area contributed by atoms with Crippen molar-refractivity contribution < 1.29 is 22.5 Å². The number of carbonyl (C=O) groups is 1. The fraction of sp³-hybridized carbons (Fsp3) is 0.417. The van der Waals surface area contributed by atoms with E-state index in [0.717, 1.165) is 12.1 Å². The van der Waals surface area contributed by atoms with E-state index in [0.29, 0.717) is 6.42 Å². The van der Waals surface area contributed by atoms with Gasteiger partial charge in [-0.25, -0.2) is 8.42 Å². The van der Waals surface area contributed by atoms with Crippen LogP contribution in [0.2, 0.25) is 0 Å². The van der Waals surface area contributed by atoms with E-state index in [2.05, 4.69) is 5.32 Å². The lowest BCUT2D eigenvalue weighted by Gasteiger charge is -2.08. The minimum absolute atomic E-state index is 0.0331. The number of sulfone groups is 1. The van der Waals surface area contributed by atoms with Gasteiger partial charge in [0.1, 0.15) is 0 Å². The number of anilines is 1. The summed E-state index contributed by atoms with van der Waals surface area (Å²) in [6.07, 6.45) is 0.516. The Labute approximate surface area is 130 Å². The molecule has 2 rings (SSSR count). The molecule has 1 N–H and O–H groups in total. The normalized spacial score (nSPS) is 19.8. The van der Waals surface area contributed by atoms with Crippen molar-refractivity contribution in [3.8, 4) is 0 Å². The lowest BCUT2D eigenvalue weighted by molar-refractivity contribution is -0.387. The molecule has 0 saturated carbocycles. The summed E-state index contributed by atoms with van der Waals surface area (Å²) in [6.45, 7) is 0. The van der Waals surface area contributed by atoms with Crippen molar-refractivity contribution in [2.24, 2.45) is 0 Å². The predicted molar refractivity (Wildman–Crippen MR) is 81.2 cm³/mol. The molecular formula is C12H13FN2O5S2. The number of hydrogen-bond acceptors (Lipinski definition) is 6. The van der Waals surface area contributed by atoms with Crippen LogP contribution in [-0.4, -0.2) is 41.8 Å². The third kappa shape index (κ3) is 4.41. The van der Waals surface area contributed by atoms with Crippen LogP contribution in [0.4, 0.5) is 15.8 Å². The highest BCUT2D eigenvalue weighted by molar-refractivity contribution is 8.02. The van der Waals surface area contributed by atoms with Crippen LogP contribution in [0.1, 0.15) is 6.42 Å². The predicted octanol–water partition coefficient (Wildman–Crippen LogP) is 1.59. The molecule has 7 nitrogen and oxygen atoms in total. The molecular weight excluding hydrogens is 335 g/mol. The number of hydrogen-bond donors (Lipinski definition) is 1. The molecule has 1 heterocycles. The number of nitrogens with one attached hydrogen (secondary N) is 1. The third-order valence-electron chi connectivity index (χ3n) is 3.07. The zero-order chi connectivity index (χ0) is 16.3. The van der Waals surface area contributed by atoms with E-state index in [1.807, 2.05) is 0 Å². The maximum absolute atomic E-state index is 13.2. The summed E-state index contributed by atoms with van der Waals surface area (Å²) in [6, 6.07) is 3.08. The van der Waals surface area contributed by atoms with Crippen molar-refractivity contribution in [1.29, 1.82) is 0 Å². The molecule has 1 fully saturated rings. The van der Waals surface area contributed by atoms with Gasteiger partial charge in [-0.3, -0.25) is 14.9 Å². The number of carbonyl (C=O) groups excluding carboxylic acids is 1. The highest BCUT2D eigenvalue weighted by atomic mass is 32.2. The van der Waals surface area contributed by atoms with E-state index in [4.69, 9.17) is 0 Å². The van der Waals surface area contributed by atoms with Crippen molar-refractivity contribution in [2.45, 2.75) is 11.7 Å². The van der Waals surface area contributed by atoms with Crippen LogP contribution in [0, 0.1) is 15.9 Å². The zero-order valence-electron chi connectivity index (χ0n) is 11.3. The fourth-order valence-corrected chi connectivity index (χ4v) is 5.46. The molecule has 1 saturated heterocycles. The lowest BCUT2D eigenvalue weighted by Crippen LogP contribution is -2.17. The van der Waals surface area contributed by atoms with Gasteiger partial charge in [0.2, 0.25) is 11.7 Å². The molecule has 22 heavy (non-hydrogen) atoms. The second-order valence-corrected chi connectivity index (χ2v) is 8.32. The first-order valence-electron chi connectivity index (χ1n) is 6.33. The smallest absolute Gasteiger partial charge is 0.306 e. The summed E-state index contributed by atoms with van der Waals surface area (Å²) in [5.41, 5.74) is -0.593. The largest absolute Gasteiger partial charge is 0.325 e. The van der Waals surface area contributed by atoms with E-state index in [-0.39, 0.29) is 28.2 Å². The quantitative estimate of drug-likeness (QED) is 0.640. The SMILES string of the molecule is O=C(CS[C@H]1CCS(=O)(=O)C1)Nc1ccc(F)c([N+](=O)[O-])c1. The van der Waals surface area contributed by atoms with E-state index in [9.17, 15) is 27.7 Å². The minimum atomic E-state index is -2.99. The van der Waals surface area contributed by atoms with Gasteiger partial charge in [-0.2, -0.15) is 4.39 Å². The van der Waals surface area contributed by atoms with Gasteiger partial charge in [-0.1, -0.05) is 0 Å². The number of halogens is 1. The first-order valence-corrected chi connectivity index (χ1v) is 9.20. The monoisotopic (exact) mass is 348 g/mol. The Morgan fingerprint density at radius 2 is 2.23 bits per heavy atom. The Morgan fingerprint density at radius 1 is 1.50 bits per heavy atom. The number of nitro benzene ring substituents is 1. The van der Waals surface area contributed by atoms with Gasteiger partial charge in [0, 0.05) is 17.0 Å². The molecule has 1 atom stereocenters. The summed E-state index contributed by atoms with van der Waals surface area (Å²) in [7, 11) is -2.99. The molecule has 1 aromatic carbocycles. The molecule has 10 heteroatoms. The van der Waals surface area contributed by atoms with Crippen molar-refractivity contribution in [3.05, 3.63) is 34.1 Å². The van der Waals surface area contributed by atoms with E-state index in [1.165, 1.54) is 17.8 Å². The molecule has 1 aliphatic heterocycles. The topological polar surface area (TPSA) is 106 Å². The first-order chi connectivity index (χ1) is 10.3. The van der Waals surface area contributed by atoms with Gasteiger partial charge in [-0.05, 0) is 18.6 Å². The van der Waals surface area contributed by atoms with Gasteiger partial charge in [0.05, 0.1) is 22.2 Å². The maximum atomic E-state index is 13.2. The Hall–Kier alpha value is -1.68. The number of rotatable bonds is 5. The van der Waals surface area contributed by atoms with Crippen LogP contribution in [0.3, 0.4) is 0 Å². The molecule has 0 aliphatic carbocycles. The molecule has 0 unspecified atom stereocenters. The van der Waals surface area contributed by atoms with Gasteiger partial charge in [-0.15, -0.1) is 11.8 Å². The molecule has 0 aromatic heterocycles. The number of thioether (sulfide) groups is 1. The summed E-state index contributed by atoms with van der Waals surface area (Å²) >= 11 is 1.23. The van der Waals surface area contributed by atoms with Crippen LogP contribution in [0.25, 0.3) is 0 Å². The number of benzene rings is 1. The highest BCUT2D eigenvalue weighted by Crippen LogP contribution is 2.25. The molecule has 1 amide bonds. The first kappa shape index (κ1) is 16.7. The van der Waals surface area contributed by atoms with Crippen LogP contribution < -0.4 is 5.32 Å². The summed E-state index contributed by atoms with van der Waals surface area (Å²) in [5.74, 6) is -1.17. The van der Waals surface area contributed by atoms with E-state index in [1.54, 1.807) is 0 Å². The number of nitro groups is 1. The van der Waals surface area contributed by atoms with Gasteiger partial charge in [0.15, 0.2) is 9.84 Å². The Morgan fingerprint density at radius 3 is 2.82 bits per heavy atom. The van der Waals surface area contributed by atoms with Crippen LogP contribution >= 0.6 is 11.8 Å². The summed E-state index contributed by atoms with van der Waals surface area (Å²) < 4.78 is 35.8. The minimum Gasteiger partial charge on any atom is -0.325 e. The van der Waals surface area contributed by atoms with Gasteiger partial charge < -0.3 is 5.32 Å². The fourth-order valence-electron chi connectivity index (χ4n) is 2.01. The van der Waals surface area contributed by atoms with Crippen molar-refractivity contribution in [3.63, 3.8) is 0 Å². The van der Waals surface area contributed by atoms with Crippen molar-refractivity contribution >= 4 is 38.9 Å². The molecule has 1 aromatic rings. The molecule has 120 valence electrons. The highest BCUT2D eigenvalue weighted by Gasteiger charge is 2.28. The number of nitrogens with zero attached hydrogens (tertiary/aromatic N) is 1. The third-order valence-corrected chi connectivity index (χ3v) is 6.35. The standard InChI is InChI=1S/C12H13FN2O5S2/c13-10-2-1-8(5-11(10)15(17)18)14-12(16)6-21-9-3-4-22(19,20)7-9/h1-2,5,9H,3-4,6-7H2,(H,14,16)/t9-/m0/s1. The Kier molecular flexibility index (Phi) is 5.01. The Bertz CT molecular complexity index is 707.